The van der Waals surface area contributed by atoms with E-state index in [1.807, 2.05) is 13.8 Å². The van der Waals surface area contributed by atoms with E-state index in [1.165, 1.54) is 0 Å². The van der Waals surface area contributed by atoms with E-state index in [0.29, 0.717) is 19.4 Å². The quantitative estimate of drug-likeness (QED) is 0.566. The lowest BCUT2D eigenvalue weighted by Crippen LogP contribution is -2.51. The Balaban J connectivity index is 2.66. The molecule has 22 heavy (non-hydrogen) atoms. The average molecular weight is 332 g/mol. The maximum absolute atomic E-state index is 12.1. The molecule has 1 saturated heterocycles. The van der Waals surface area contributed by atoms with E-state index in [1.54, 1.807) is 0 Å². The normalized spacial score (nSPS) is 21.1. The number of carbonyl (C=O) groups excluding carboxylic acids is 3. The molecule has 0 spiro atoms. The number of hydrogen-bond acceptors (Lipinski definition) is 4. The van der Waals surface area contributed by atoms with E-state index in [2.05, 4.69) is 10.6 Å². The zero-order valence-corrected chi connectivity index (χ0v) is 14.0. The maximum Gasteiger partial charge on any atom is 0.237 e. The van der Waals surface area contributed by atoms with Crippen LogP contribution in [-0.2, 0) is 14.4 Å². The number of amides is 2. The lowest BCUT2D eigenvalue weighted by molar-refractivity contribution is -0.130. The second-order valence-electron chi connectivity index (χ2n) is 6.26. The molecule has 0 saturated carbocycles. The minimum atomic E-state index is -0.753. The topological polar surface area (TPSA) is 101 Å². The maximum atomic E-state index is 12.1. The van der Waals surface area contributed by atoms with Crippen LogP contribution in [0.4, 0.5) is 0 Å². The Kier molecular flexibility index (Phi) is 7.82. The summed E-state index contributed by atoms with van der Waals surface area (Å²) in [5.74, 6) is -0.906. The molecule has 1 fully saturated rings. The number of hydrogen-bond donors (Lipinski definition) is 3. The van der Waals surface area contributed by atoms with Crippen LogP contribution in [0.1, 0.15) is 39.5 Å². The van der Waals surface area contributed by atoms with Gasteiger partial charge >= 0.3 is 0 Å². The Bertz CT molecular complexity index is 415. The van der Waals surface area contributed by atoms with Crippen LogP contribution in [0.15, 0.2) is 0 Å². The van der Waals surface area contributed by atoms with Gasteiger partial charge in [0.15, 0.2) is 5.78 Å². The molecular formula is C15H26ClN3O3. The summed E-state index contributed by atoms with van der Waals surface area (Å²) in [6, 6.07) is -1.41. The van der Waals surface area contributed by atoms with Gasteiger partial charge in [0.05, 0.1) is 18.0 Å². The number of alkyl halides is 1. The Morgan fingerprint density at radius 1 is 1.45 bits per heavy atom. The van der Waals surface area contributed by atoms with E-state index >= 15 is 0 Å². The van der Waals surface area contributed by atoms with Gasteiger partial charge in [-0.15, -0.1) is 11.6 Å². The Hall–Kier alpha value is -1.14. The molecule has 0 aliphatic carbocycles. The monoisotopic (exact) mass is 331 g/mol. The molecular weight excluding hydrogens is 306 g/mol. The summed E-state index contributed by atoms with van der Waals surface area (Å²) in [5, 5.41) is 5.44. The van der Waals surface area contributed by atoms with Crippen molar-refractivity contribution in [2.24, 2.45) is 17.6 Å². The second kappa shape index (κ2) is 9.10. The van der Waals surface area contributed by atoms with Crippen LogP contribution in [0.2, 0.25) is 0 Å². The molecule has 1 rings (SSSR count). The van der Waals surface area contributed by atoms with Crippen molar-refractivity contribution in [3.63, 3.8) is 0 Å². The second-order valence-corrected chi connectivity index (χ2v) is 6.53. The van der Waals surface area contributed by atoms with Crippen molar-refractivity contribution >= 4 is 29.2 Å². The zero-order valence-electron chi connectivity index (χ0n) is 13.2. The lowest BCUT2D eigenvalue weighted by Gasteiger charge is -2.26. The van der Waals surface area contributed by atoms with Crippen molar-refractivity contribution in [2.75, 3.05) is 12.4 Å². The van der Waals surface area contributed by atoms with Crippen LogP contribution in [0.3, 0.4) is 0 Å². The van der Waals surface area contributed by atoms with Crippen LogP contribution in [0.25, 0.3) is 0 Å². The minimum absolute atomic E-state index is 0.0700. The Morgan fingerprint density at radius 2 is 2.14 bits per heavy atom. The summed E-state index contributed by atoms with van der Waals surface area (Å²) < 4.78 is 0. The summed E-state index contributed by atoms with van der Waals surface area (Å²) in [7, 11) is 0. The van der Waals surface area contributed by atoms with Gasteiger partial charge in [-0.25, -0.2) is 0 Å². The number of Topliss-reactive ketones (excluding diaryl/α,β-unsaturated/α-hetero) is 1. The van der Waals surface area contributed by atoms with E-state index in [4.69, 9.17) is 17.3 Å². The molecule has 0 radical (unpaired) electrons. The number of ketones is 1. The van der Waals surface area contributed by atoms with Gasteiger partial charge in [-0.3, -0.25) is 14.4 Å². The molecule has 1 aliphatic heterocycles. The summed E-state index contributed by atoms with van der Waals surface area (Å²) in [6.07, 6.45) is 2.40. The molecule has 0 unspecified atom stereocenters. The predicted molar refractivity (Wildman–Crippen MR) is 85.4 cm³/mol. The standard InChI is InChI=1S/C15H26ClN3O3/c1-9(2)6-11(17)15(22)19-12(13(20)8-16)7-10-4-3-5-18-14(10)21/h9-12H,3-8,17H2,1-2H3,(H,18,21)(H,19,22)/t10-,11-,12-/m0/s1. The highest BCUT2D eigenvalue weighted by Gasteiger charge is 2.30. The van der Waals surface area contributed by atoms with Crippen LogP contribution < -0.4 is 16.4 Å². The molecule has 4 N–H and O–H groups in total. The van der Waals surface area contributed by atoms with Crippen molar-refractivity contribution in [3.05, 3.63) is 0 Å². The minimum Gasteiger partial charge on any atom is -0.356 e. The number of piperidine rings is 1. The first-order chi connectivity index (χ1) is 10.3. The first-order valence-corrected chi connectivity index (χ1v) is 8.31. The fraction of sp³-hybridized carbons (Fsp3) is 0.800. The van der Waals surface area contributed by atoms with Gasteiger partial charge in [0.25, 0.3) is 0 Å². The van der Waals surface area contributed by atoms with Crippen molar-refractivity contribution in [2.45, 2.75) is 51.6 Å². The smallest absolute Gasteiger partial charge is 0.237 e. The van der Waals surface area contributed by atoms with Crippen LogP contribution in [0, 0.1) is 11.8 Å². The van der Waals surface area contributed by atoms with E-state index in [-0.39, 0.29) is 41.7 Å². The highest BCUT2D eigenvalue weighted by Crippen LogP contribution is 2.18. The molecule has 0 bridgehead atoms. The summed E-state index contributed by atoms with van der Waals surface area (Å²) in [6.45, 7) is 4.61. The van der Waals surface area contributed by atoms with Gasteiger partial charge in [0, 0.05) is 12.5 Å². The number of rotatable bonds is 8. The van der Waals surface area contributed by atoms with E-state index in [9.17, 15) is 14.4 Å². The van der Waals surface area contributed by atoms with E-state index in [0.717, 1.165) is 6.42 Å². The van der Waals surface area contributed by atoms with Crippen molar-refractivity contribution in [1.82, 2.24) is 10.6 Å². The van der Waals surface area contributed by atoms with Gasteiger partial charge in [-0.2, -0.15) is 0 Å². The first kappa shape index (κ1) is 18.9. The number of carbonyl (C=O) groups is 3. The van der Waals surface area contributed by atoms with E-state index < -0.39 is 12.1 Å². The number of halogens is 1. The Labute approximate surface area is 136 Å². The Morgan fingerprint density at radius 3 is 2.68 bits per heavy atom. The SMILES string of the molecule is CC(C)C[C@H](N)C(=O)N[C@@H](C[C@@H]1CCCNC1=O)C(=O)CCl. The molecule has 2 amide bonds. The third kappa shape index (κ3) is 5.93. The summed E-state index contributed by atoms with van der Waals surface area (Å²) in [5.41, 5.74) is 5.83. The summed E-state index contributed by atoms with van der Waals surface area (Å²) >= 11 is 5.62. The van der Waals surface area contributed by atoms with Gasteiger partial charge in [0.2, 0.25) is 11.8 Å². The third-order valence-electron chi connectivity index (χ3n) is 3.82. The van der Waals surface area contributed by atoms with Crippen LogP contribution >= 0.6 is 11.6 Å². The molecule has 1 heterocycles. The fourth-order valence-corrected chi connectivity index (χ4v) is 2.79. The van der Waals surface area contributed by atoms with Crippen LogP contribution in [0.5, 0.6) is 0 Å². The molecule has 1 aliphatic rings. The molecule has 7 heteroatoms. The van der Waals surface area contributed by atoms with Gasteiger partial charge in [0.1, 0.15) is 0 Å². The predicted octanol–water partition coefficient (Wildman–Crippen LogP) is 0.569. The molecule has 0 aromatic heterocycles. The highest BCUT2D eigenvalue weighted by molar-refractivity contribution is 6.28. The zero-order chi connectivity index (χ0) is 16.7. The molecule has 126 valence electrons. The molecule has 0 aromatic carbocycles. The van der Waals surface area contributed by atoms with Gasteiger partial charge in [-0.05, 0) is 31.6 Å². The van der Waals surface area contributed by atoms with Crippen molar-refractivity contribution in [3.8, 4) is 0 Å². The molecule has 6 nitrogen and oxygen atoms in total. The van der Waals surface area contributed by atoms with Gasteiger partial charge in [-0.1, -0.05) is 13.8 Å². The fourth-order valence-electron chi connectivity index (χ4n) is 2.60. The van der Waals surface area contributed by atoms with Crippen molar-refractivity contribution in [1.29, 1.82) is 0 Å². The highest BCUT2D eigenvalue weighted by atomic mass is 35.5. The van der Waals surface area contributed by atoms with Gasteiger partial charge < -0.3 is 16.4 Å². The molecule has 3 atom stereocenters. The molecule has 0 aromatic rings. The van der Waals surface area contributed by atoms with Crippen molar-refractivity contribution < 1.29 is 14.4 Å². The largest absolute Gasteiger partial charge is 0.356 e. The lowest BCUT2D eigenvalue weighted by atomic mass is 9.90. The number of nitrogens with one attached hydrogen (secondary N) is 2. The third-order valence-corrected chi connectivity index (χ3v) is 4.08. The van der Waals surface area contributed by atoms with Crippen LogP contribution in [-0.4, -0.2) is 42.1 Å². The summed E-state index contributed by atoms with van der Waals surface area (Å²) in [4.78, 5) is 35.9. The first-order valence-electron chi connectivity index (χ1n) is 7.77. The average Bonchev–Trinajstić information content (AvgIpc) is 2.47. The number of nitrogens with two attached hydrogens (primary N) is 1.